The number of pyridine rings is 1. The first-order chi connectivity index (χ1) is 18.9. The lowest BCUT2D eigenvalue weighted by molar-refractivity contribution is -0.0494. The van der Waals surface area contributed by atoms with E-state index in [9.17, 15) is 13.6 Å². The molecule has 3 aliphatic rings. The van der Waals surface area contributed by atoms with Gasteiger partial charge in [0.25, 0.3) is 0 Å². The number of halogens is 2. The van der Waals surface area contributed by atoms with Gasteiger partial charge in [0, 0.05) is 35.3 Å². The number of anilines is 1. The molecule has 0 amide bonds. The summed E-state index contributed by atoms with van der Waals surface area (Å²) in [6, 6.07) is 9.06. The van der Waals surface area contributed by atoms with E-state index in [1.54, 1.807) is 24.4 Å². The van der Waals surface area contributed by atoms with Gasteiger partial charge in [0.1, 0.15) is 23.0 Å². The van der Waals surface area contributed by atoms with Crippen LogP contribution in [0.3, 0.4) is 0 Å². The van der Waals surface area contributed by atoms with Gasteiger partial charge in [-0.3, -0.25) is 0 Å². The average molecular weight is 540 g/mol. The second kappa shape index (κ2) is 10.6. The normalized spacial score (nSPS) is 22.4. The molecule has 206 valence electrons. The van der Waals surface area contributed by atoms with Crippen molar-refractivity contribution in [3.05, 3.63) is 59.0 Å². The number of hydrogen-bond acceptors (Lipinski definition) is 8. The Balaban J connectivity index is 1.19. The highest BCUT2D eigenvalue weighted by Crippen LogP contribution is 2.46. The molecule has 1 unspecified atom stereocenters. The number of aryl methyl sites for hydroxylation is 1. The van der Waals surface area contributed by atoms with Gasteiger partial charge in [-0.2, -0.15) is 8.78 Å². The van der Waals surface area contributed by atoms with Gasteiger partial charge >= 0.3 is 12.6 Å². The fraction of sp³-hybridized carbons (Fsp3) is 0.483. The second-order valence-corrected chi connectivity index (χ2v) is 10.6. The van der Waals surface area contributed by atoms with Gasteiger partial charge in [-0.15, -0.1) is 0 Å². The van der Waals surface area contributed by atoms with Gasteiger partial charge in [0.15, 0.2) is 0 Å². The maximum absolute atomic E-state index is 13.1. The summed E-state index contributed by atoms with van der Waals surface area (Å²) in [5.74, 6) is 1.64. The molecule has 2 aromatic heterocycles. The molecule has 2 saturated heterocycles. The zero-order valence-electron chi connectivity index (χ0n) is 21.9. The average Bonchev–Trinajstić information content (AvgIpc) is 3.63. The van der Waals surface area contributed by atoms with Crippen LogP contribution in [-0.2, 0) is 16.1 Å². The number of alkyl halides is 2. The van der Waals surface area contributed by atoms with E-state index >= 15 is 0 Å². The molecule has 0 radical (unpaired) electrons. The summed E-state index contributed by atoms with van der Waals surface area (Å²) >= 11 is 0. The quantitative estimate of drug-likeness (QED) is 0.305. The molecule has 3 aromatic rings. The van der Waals surface area contributed by atoms with Crippen LogP contribution in [-0.4, -0.2) is 48.0 Å². The van der Waals surface area contributed by atoms with Crippen molar-refractivity contribution in [1.29, 1.82) is 0 Å². The maximum atomic E-state index is 13.1. The van der Waals surface area contributed by atoms with E-state index in [1.807, 2.05) is 13.0 Å². The summed E-state index contributed by atoms with van der Waals surface area (Å²) in [6.07, 6.45) is 7.44. The molecule has 2 bridgehead atoms. The maximum Gasteiger partial charge on any atom is 0.387 e. The molecule has 39 heavy (non-hydrogen) atoms. The van der Waals surface area contributed by atoms with Gasteiger partial charge in [0.05, 0.1) is 25.4 Å². The highest BCUT2D eigenvalue weighted by Gasteiger charge is 2.43. The Bertz CT molecular complexity index is 1340. The number of aromatic nitrogens is 2. The van der Waals surface area contributed by atoms with Crippen molar-refractivity contribution in [1.82, 2.24) is 10.1 Å². The van der Waals surface area contributed by atoms with Crippen LogP contribution >= 0.6 is 0 Å². The van der Waals surface area contributed by atoms with E-state index in [2.05, 4.69) is 15.0 Å². The molecule has 0 N–H and O–H groups in total. The topological polar surface area (TPSA) is 86.9 Å². The van der Waals surface area contributed by atoms with Crippen molar-refractivity contribution in [2.24, 2.45) is 0 Å². The molecule has 0 spiro atoms. The Morgan fingerprint density at radius 1 is 1.15 bits per heavy atom. The second-order valence-electron chi connectivity index (χ2n) is 10.6. The summed E-state index contributed by atoms with van der Waals surface area (Å²) in [5.41, 5.74) is 3.18. The van der Waals surface area contributed by atoms with E-state index in [-0.39, 0.29) is 29.9 Å². The SMILES string of the molecule is COC(=O)c1cnc(N2[C@@H]3CC[C@H]2CC(OCc2c(-c4ccccc4OC(F)F)noc2C2CC2)C3)c(C)c1. The van der Waals surface area contributed by atoms with Crippen molar-refractivity contribution in [3.63, 3.8) is 0 Å². The van der Waals surface area contributed by atoms with Crippen molar-refractivity contribution in [3.8, 4) is 17.0 Å². The van der Waals surface area contributed by atoms with Crippen LogP contribution in [0.1, 0.15) is 71.7 Å². The third kappa shape index (κ3) is 5.09. The molecule has 3 atom stereocenters. The number of hydrogen-bond donors (Lipinski definition) is 0. The van der Waals surface area contributed by atoms with E-state index < -0.39 is 12.6 Å². The number of para-hydroxylation sites is 1. The number of carbonyl (C=O) groups excluding carboxylic acids is 1. The fourth-order valence-corrected chi connectivity index (χ4v) is 6.08. The Labute approximate surface area is 225 Å². The van der Waals surface area contributed by atoms with Gasteiger partial charge in [0.2, 0.25) is 0 Å². The number of fused-ring (bicyclic) bond motifs is 2. The minimum Gasteiger partial charge on any atom is -0.465 e. The largest absolute Gasteiger partial charge is 0.465 e. The zero-order chi connectivity index (χ0) is 27.1. The van der Waals surface area contributed by atoms with Crippen LogP contribution in [0.15, 0.2) is 41.1 Å². The predicted octanol–water partition coefficient (Wildman–Crippen LogP) is 6.03. The summed E-state index contributed by atoms with van der Waals surface area (Å²) in [5, 5.41) is 4.28. The number of piperidine rings is 1. The van der Waals surface area contributed by atoms with Gasteiger partial charge in [-0.05, 0) is 69.2 Å². The molecule has 1 saturated carbocycles. The summed E-state index contributed by atoms with van der Waals surface area (Å²) in [7, 11) is 1.36. The third-order valence-corrected chi connectivity index (χ3v) is 7.99. The van der Waals surface area contributed by atoms with E-state index in [0.717, 1.165) is 61.2 Å². The number of benzene rings is 1. The van der Waals surface area contributed by atoms with Gasteiger partial charge < -0.3 is 23.6 Å². The van der Waals surface area contributed by atoms with Crippen LogP contribution in [0.2, 0.25) is 0 Å². The number of carbonyl (C=O) groups is 1. The van der Waals surface area contributed by atoms with Crippen LogP contribution < -0.4 is 9.64 Å². The highest BCUT2D eigenvalue weighted by atomic mass is 19.3. The first kappa shape index (κ1) is 25.7. The third-order valence-electron chi connectivity index (χ3n) is 7.99. The molecule has 2 aliphatic heterocycles. The van der Waals surface area contributed by atoms with Crippen molar-refractivity contribution in [2.75, 3.05) is 12.0 Å². The van der Waals surface area contributed by atoms with E-state index in [4.69, 9.17) is 18.7 Å². The smallest absolute Gasteiger partial charge is 0.387 e. The Morgan fingerprint density at radius 3 is 2.56 bits per heavy atom. The predicted molar refractivity (Wildman–Crippen MR) is 138 cm³/mol. The summed E-state index contributed by atoms with van der Waals surface area (Å²) in [4.78, 5) is 18.9. The molecule has 1 aromatic carbocycles. The Hall–Kier alpha value is -3.53. The summed E-state index contributed by atoms with van der Waals surface area (Å²) < 4.78 is 47.9. The van der Waals surface area contributed by atoms with Crippen molar-refractivity contribution < 1.29 is 32.3 Å². The van der Waals surface area contributed by atoms with Gasteiger partial charge in [-0.1, -0.05) is 17.3 Å². The molecule has 3 fully saturated rings. The van der Waals surface area contributed by atoms with E-state index in [1.165, 1.54) is 13.2 Å². The minimum atomic E-state index is -2.93. The molecule has 6 rings (SSSR count). The van der Waals surface area contributed by atoms with Crippen molar-refractivity contribution in [2.45, 2.75) is 82.8 Å². The number of methoxy groups -OCH3 is 1. The lowest BCUT2D eigenvalue weighted by Crippen LogP contribution is -2.46. The first-order valence-electron chi connectivity index (χ1n) is 13.4. The van der Waals surface area contributed by atoms with Crippen LogP contribution in [0, 0.1) is 6.92 Å². The summed E-state index contributed by atoms with van der Waals surface area (Å²) in [6.45, 7) is -0.668. The molecule has 4 heterocycles. The fourth-order valence-electron chi connectivity index (χ4n) is 6.08. The van der Waals surface area contributed by atoms with Crippen LogP contribution in [0.4, 0.5) is 14.6 Å². The molecular formula is C29H31F2N3O5. The lowest BCUT2D eigenvalue weighted by Gasteiger charge is -2.40. The first-order valence-corrected chi connectivity index (χ1v) is 13.4. The van der Waals surface area contributed by atoms with Crippen molar-refractivity contribution >= 4 is 11.8 Å². The Morgan fingerprint density at radius 2 is 1.90 bits per heavy atom. The lowest BCUT2D eigenvalue weighted by atomic mass is 9.98. The molecule has 8 nitrogen and oxygen atoms in total. The number of rotatable bonds is 9. The van der Waals surface area contributed by atoms with Gasteiger partial charge in [-0.25, -0.2) is 9.78 Å². The molecule has 10 heteroatoms. The standard InChI is InChI=1S/C29H31F2N3O5/c1-16-11-18(28(35)36-2)14-32-27(16)34-19-9-10-20(34)13-21(12-19)37-15-23-25(33-39-26(23)17-7-8-17)22-5-3-4-6-24(22)38-29(30)31/h3-6,11,14,17,19-21,29H,7-10,12-13,15H2,1-2H3/t19-,20+,21?. The zero-order valence-corrected chi connectivity index (χ0v) is 21.9. The number of ether oxygens (including phenoxy) is 3. The van der Waals surface area contributed by atoms with Crippen LogP contribution in [0.25, 0.3) is 11.3 Å². The van der Waals surface area contributed by atoms with Crippen LogP contribution in [0.5, 0.6) is 5.75 Å². The molecule has 1 aliphatic carbocycles. The highest BCUT2D eigenvalue weighted by molar-refractivity contribution is 5.89. The Kier molecular flexibility index (Phi) is 6.97. The van der Waals surface area contributed by atoms with E-state index in [0.29, 0.717) is 23.4 Å². The number of esters is 1. The minimum absolute atomic E-state index is 0.0377. The monoisotopic (exact) mass is 539 g/mol. The number of nitrogens with zero attached hydrogens (tertiary/aromatic N) is 3. The molecular weight excluding hydrogens is 508 g/mol.